The third-order valence-electron chi connectivity index (χ3n) is 6.53. The Bertz CT molecular complexity index is 1170. The molecule has 5 nitrogen and oxygen atoms in total. The zero-order valence-electron chi connectivity index (χ0n) is 18.1. The van der Waals surface area contributed by atoms with Crippen LogP contribution in [0.25, 0.3) is 11.4 Å². The van der Waals surface area contributed by atoms with Crippen LogP contribution in [0, 0.1) is 5.82 Å². The largest absolute Gasteiger partial charge is 0.338 e. The van der Waals surface area contributed by atoms with Crippen molar-refractivity contribution in [2.45, 2.75) is 30.8 Å². The minimum Gasteiger partial charge on any atom is -0.338 e. The quantitative estimate of drug-likeness (QED) is 0.393. The standard InChI is InChI=1S/C27H24FN3O2/c28-23-14-12-20(13-15-23)26-29-25(33-30-26)18-31-17-7-16-27(24(31)19-32,21-8-3-1-4-9-21)22-10-5-2-6-11-22/h1-6,8-15,19,24H,7,16-18H2. The summed E-state index contributed by atoms with van der Waals surface area (Å²) in [6.07, 6.45) is 2.84. The number of carbonyl (C=O) groups is 1. The van der Waals surface area contributed by atoms with Crippen LogP contribution >= 0.6 is 0 Å². The lowest BCUT2D eigenvalue weighted by Gasteiger charge is -2.48. The van der Waals surface area contributed by atoms with Gasteiger partial charge in [-0.05, 0) is 54.8 Å². The van der Waals surface area contributed by atoms with E-state index in [-0.39, 0.29) is 5.82 Å². The fraction of sp³-hybridized carbons (Fsp3) is 0.222. The number of piperidine rings is 1. The molecule has 5 rings (SSSR count). The predicted octanol–water partition coefficient (Wildman–Crippen LogP) is 5.03. The van der Waals surface area contributed by atoms with E-state index in [9.17, 15) is 9.18 Å². The third-order valence-corrected chi connectivity index (χ3v) is 6.53. The molecule has 1 fully saturated rings. The van der Waals surface area contributed by atoms with Gasteiger partial charge in [0.15, 0.2) is 0 Å². The van der Waals surface area contributed by atoms with Crippen molar-refractivity contribution in [1.29, 1.82) is 0 Å². The minimum absolute atomic E-state index is 0.317. The van der Waals surface area contributed by atoms with E-state index < -0.39 is 11.5 Å². The summed E-state index contributed by atoms with van der Waals surface area (Å²) in [6.45, 7) is 1.11. The summed E-state index contributed by atoms with van der Waals surface area (Å²) in [5.74, 6) is 0.517. The summed E-state index contributed by atoms with van der Waals surface area (Å²) in [5.41, 5.74) is 2.45. The Balaban J connectivity index is 1.49. The molecule has 4 aromatic rings. The van der Waals surface area contributed by atoms with Crippen molar-refractivity contribution in [3.8, 4) is 11.4 Å². The number of nitrogens with zero attached hydrogens (tertiary/aromatic N) is 3. The van der Waals surface area contributed by atoms with E-state index in [0.717, 1.165) is 36.8 Å². The maximum atomic E-state index is 13.2. The monoisotopic (exact) mass is 441 g/mol. The summed E-state index contributed by atoms with van der Waals surface area (Å²) < 4.78 is 18.8. The van der Waals surface area contributed by atoms with Crippen LogP contribution in [0.4, 0.5) is 4.39 Å². The molecule has 1 saturated heterocycles. The Labute approximate surface area is 191 Å². The molecule has 6 heteroatoms. The normalized spacial score (nSPS) is 18.2. The van der Waals surface area contributed by atoms with Gasteiger partial charge < -0.3 is 9.32 Å². The molecule has 0 N–H and O–H groups in total. The number of benzene rings is 3. The van der Waals surface area contributed by atoms with Gasteiger partial charge in [0, 0.05) is 11.0 Å². The molecule has 33 heavy (non-hydrogen) atoms. The van der Waals surface area contributed by atoms with Crippen molar-refractivity contribution < 1.29 is 13.7 Å². The summed E-state index contributed by atoms with van der Waals surface area (Å²) >= 11 is 0. The highest BCUT2D eigenvalue weighted by Gasteiger charge is 2.47. The van der Waals surface area contributed by atoms with Gasteiger partial charge in [-0.2, -0.15) is 4.98 Å². The molecule has 0 bridgehead atoms. The molecule has 3 aromatic carbocycles. The van der Waals surface area contributed by atoms with Crippen LogP contribution in [0.3, 0.4) is 0 Å². The van der Waals surface area contributed by atoms with E-state index >= 15 is 0 Å². The van der Waals surface area contributed by atoms with E-state index in [1.54, 1.807) is 12.1 Å². The number of rotatable bonds is 6. The zero-order chi connectivity index (χ0) is 22.7. The minimum atomic E-state index is -0.470. The second-order valence-corrected chi connectivity index (χ2v) is 8.38. The van der Waals surface area contributed by atoms with Crippen LogP contribution in [0.15, 0.2) is 89.5 Å². The number of aldehydes is 1. The zero-order valence-corrected chi connectivity index (χ0v) is 18.1. The smallest absolute Gasteiger partial charge is 0.241 e. The maximum absolute atomic E-state index is 13.2. The SMILES string of the molecule is O=CC1N(Cc2nc(-c3ccc(F)cc3)no2)CCCC1(c1ccccc1)c1ccccc1. The topological polar surface area (TPSA) is 59.2 Å². The van der Waals surface area contributed by atoms with Gasteiger partial charge in [0.1, 0.15) is 12.1 Å². The van der Waals surface area contributed by atoms with Crippen LogP contribution in [0.2, 0.25) is 0 Å². The Morgan fingerprint density at radius 1 is 0.970 bits per heavy atom. The molecule has 0 saturated carbocycles. The molecule has 0 aliphatic carbocycles. The van der Waals surface area contributed by atoms with Crippen LogP contribution in [-0.2, 0) is 16.8 Å². The summed E-state index contributed by atoms with van der Waals surface area (Å²) in [5, 5.41) is 4.06. The molecular weight excluding hydrogens is 417 g/mol. The second-order valence-electron chi connectivity index (χ2n) is 8.38. The van der Waals surface area contributed by atoms with Crippen molar-refractivity contribution >= 4 is 6.29 Å². The van der Waals surface area contributed by atoms with Crippen molar-refractivity contribution in [2.75, 3.05) is 6.54 Å². The number of hydrogen-bond donors (Lipinski definition) is 0. The summed E-state index contributed by atoms with van der Waals surface area (Å²) in [7, 11) is 0. The lowest BCUT2D eigenvalue weighted by molar-refractivity contribution is -0.116. The first-order valence-corrected chi connectivity index (χ1v) is 11.1. The average molecular weight is 442 g/mol. The Morgan fingerprint density at radius 2 is 1.61 bits per heavy atom. The van der Waals surface area contributed by atoms with Gasteiger partial charge in [-0.15, -0.1) is 0 Å². The highest BCUT2D eigenvalue weighted by molar-refractivity contribution is 5.66. The molecule has 2 heterocycles. The van der Waals surface area contributed by atoms with Gasteiger partial charge in [-0.1, -0.05) is 65.8 Å². The molecule has 1 atom stereocenters. The number of hydrogen-bond acceptors (Lipinski definition) is 5. The molecule has 1 aliphatic rings. The molecule has 166 valence electrons. The predicted molar refractivity (Wildman–Crippen MR) is 123 cm³/mol. The highest BCUT2D eigenvalue weighted by atomic mass is 19.1. The first kappa shape index (κ1) is 21.2. The van der Waals surface area contributed by atoms with Gasteiger partial charge in [-0.3, -0.25) is 4.90 Å². The third kappa shape index (κ3) is 3.98. The van der Waals surface area contributed by atoms with Gasteiger partial charge in [-0.25, -0.2) is 4.39 Å². The number of aromatic nitrogens is 2. The van der Waals surface area contributed by atoms with E-state index in [1.165, 1.54) is 12.1 Å². The lowest BCUT2D eigenvalue weighted by atomic mass is 9.64. The molecule has 0 radical (unpaired) electrons. The molecular formula is C27H24FN3O2. The van der Waals surface area contributed by atoms with Crippen LogP contribution in [-0.4, -0.2) is 33.9 Å². The van der Waals surface area contributed by atoms with Crippen LogP contribution in [0.1, 0.15) is 29.9 Å². The van der Waals surface area contributed by atoms with E-state index in [1.807, 2.05) is 36.4 Å². The van der Waals surface area contributed by atoms with Crippen molar-refractivity contribution in [3.05, 3.63) is 108 Å². The molecule has 0 spiro atoms. The van der Waals surface area contributed by atoms with Gasteiger partial charge in [0.25, 0.3) is 0 Å². The van der Waals surface area contributed by atoms with Gasteiger partial charge in [0.05, 0.1) is 12.6 Å². The second kappa shape index (κ2) is 9.08. The van der Waals surface area contributed by atoms with Gasteiger partial charge in [0.2, 0.25) is 11.7 Å². The number of likely N-dealkylation sites (tertiary alicyclic amines) is 1. The summed E-state index contributed by atoms with van der Waals surface area (Å²) in [6, 6.07) is 26.1. The first-order valence-electron chi connectivity index (χ1n) is 11.1. The first-order chi connectivity index (χ1) is 16.2. The van der Waals surface area contributed by atoms with E-state index in [0.29, 0.717) is 23.8 Å². The molecule has 0 amide bonds. The maximum Gasteiger partial charge on any atom is 0.241 e. The molecule has 1 unspecified atom stereocenters. The fourth-order valence-corrected chi connectivity index (χ4v) is 5.02. The van der Waals surface area contributed by atoms with Crippen LogP contribution < -0.4 is 0 Å². The summed E-state index contributed by atoms with van der Waals surface area (Å²) in [4.78, 5) is 19.3. The van der Waals surface area contributed by atoms with Crippen molar-refractivity contribution in [1.82, 2.24) is 15.0 Å². The van der Waals surface area contributed by atoms with E-state index in [2.05, 4.69) is 39.3 Å². The Morgan fingerprint density at radius 3 is 2.21 bits per heavy atom. The molecule has 1 aliphatic heterocycles. The average Bonchev–Trinajstić information content (AvgIpc) is 3.34. The van der Waals surface area contributed by atoms with Crippen LogP contribution in [0.5, 0.6) is 0 Å². The lowest BCUT2D eigenvalue weighted by Crippen LogP contribution is -2.56. The molecule has 1 aromatic heterocycles. The number of carbonyl (C=O) groups excluding carboxylic acids is 1. The Kier molecular flexibility index (Phi) is 5.84. The van der Waals surface area contributed by atoms with E-state index in [4.69, 9.17) is 4.52 Å². The van der Waals surface area contributed by atoms with Gasteiger partial charge >= 0.3 is 0 Å². The van der Waals surface area contributed by atoms with Crippen molar-refractivity contribution in [3.63, 3.8) is 0 Å². The Hall–Kier alpha value is -3.64. The number of halogens is 1. The highest BCUT2D eigenvalue weighted by Crippen LogP contribution is 2.44. The fourth-order valence-electron chi connectivity index (χ4n) is 5.02. The van der Waals surface area contributed by atoms with Crippen molar-refractivity contribution in [2.24, 2.45) is 0 Å².